The molecule has 1 aromatic carbocycles. The van der Waals surface area contributed by atoms with Gasteiger partial charge in [-0.3, -0.25) is 4.90 Å². The van der Waals surface area contributed by atoms with E-state index in [-0.39, 0.29) is 6.04 Å². The van der Waals surface area contributed by atoms with Gasteiger partial charge in [-0.15, -0.1) is 0 Å². The monoisotopic (exact) mass is 348 g/mol. The van der Waals surface area contributed by atoms with Crippen LogP contribution in [-0.2, 0) is 6.42 Å². The number of nitrogens with one attached hydrogen (secondary N) is 1. The summed E-state index contributed by atoms with van der Waals surface area (Å²) in [4.78, 5) is 2.45. The number of benzene rings is 1. The Morgan fingerprint density at radius 2 is 1.92 bits per heavy atom. The van der Waals surface area contributed by atoms with E-state index >= 15 is 0 Å². The Morgan fingerprint density at radius 1 is 1.24 bits per heavy atom. The number of aliphatic hydroxyl groups excluding tert-OH is 1. The zero-order valence-electron chi connectivity index (χ0n) is 17.0. The van der Waals surface area contributed by atoms with Crippen LogP contribution in [0.3, 0.4) is 0 Å². The smallest absolute Gasteiger partial charge is 0.122 e. The van der Waals surface area contributed by atoms with Crippen LogP contribution in [0.15, 0.2) is 12.1 Å². The predicted molar refractivity (Wildman–Crippen MR) is 104 cm³/mol. The van der Waals surface area contributed by atoms with Crippen LogP contribution in [0.25, 0.3) is 0 Å². The number of fused-ring (bicyclic) bond motifs is 1. The molecule has 1 aliphatic rings. The maximum atomic E-state index is 10.3. The van der Waals surface area contributed by atoms with Crippen LogP contribution in [0.5, 0.6) is 5.75 Å². The lowest BCUT2D eigenvalue weighted by Gasteiger charge is -2.30. The Bertz CT molecular complexity index is 571. The van der Waals surface area contributed by atoms with E-state index in [9.17, 15) is 5.11 Å². The minimum atomic E-state index is -0.519. The van der Waals surface area contributed by atoms with E-state index in [2.05, 4.69) is 64.0 Å². The van der Waals surface area contributed by atoms with E-state index in [1.807, 2.05) is 6.92 Å². The molecule has 0 bridgehead atoms. The third-order valence-electron chi connectivity index (χ3n) is 5.42. The molecule has 0 fully saturated rings. The Kier molecular flexibility index (Phi) is 6.89. The lowest BCUT2D eigenvalue weighted by Crippen LogP contribution is -2.43. The lowest BCUT2D eigenvalue weighted by atomic mass is 9.99. The molecule has 25 heavy (non-hydrogen) atoms. The summed E-state index contributed by atoms with van der Waals surface area (Å²) >= 11 is 0. The fourth-order valence-electron chi connectivity index (χ4n) is 3.77. The van der Waals surface area contributed by atoms with Crippen molar-refractivity contribution in [3.63, 3.8) is 0 Å². The second kappa shape index (κ2) is 8.52. The third-order valence-corrected chi connectivity index (χ3v) is 5.42. The quantitative estimate of drug-likeness (QED) is 0.755. The van der Waals surface area contributed by atoms with Crippen molar-refractivity contribution in [1.82, 2.24) is 10.2 Å². The normalized spacial score (nSPS) is 19.6. The van der Waals surface area contributed by atoms with Crippen LogP contribution in [-0.4, -0.2) is 47.9 Å². The van der Waals surface area contributed by atoms with Crippen LogP contribution in [0.2, 0.25) is 0 Å². The van der Waals surface area contributed by atoms with Gasteiger partial charge >= 0.3 is 0 Å². The molecular formula is C21H36N2O2. The van der Waals surface area contributed by atoms with Crippen LogP contribution >= 0.6 is 0 Å². The molecule has 0 radical (unpaired) electrons. The molecule has 142 valence electrons. The molecule has 4 heteroatoms. The number of aryl methyl sites for hydroxylation is 1. The van der Waals surface area contributed by atoms with Gasteiger partial charge < -0.3 is 15.2 Å². The Balaban J connectivity index is 2.12. The van der Waals surface area contributed by atoms with E-state index < -0.39 is 6.10 Å². The van der Waals surface area contributed by atoms with Crippen molar-refractivity contribution in [3.8, 4) is 5.75 Å². The maximum absolute atomic E-state index is 10.3. The van der Waals surface area contributed by atoms with Gasteiger partial charge in [0.2, 0.25) is 0 Å². The minimum Gasteiger partial charge on any atom is -0.491 e. The van der Waals surface area contributed by atoms with Crippen molar-refractivity contribution < 1.29 is 9.84 Å². The topological polar surface area (TPSA) is 44.7 Å². The number of ether oxygens (including phenoxy) is 1. The SMILES string of the molecule is Cc1ccc(OC[C@@H](O)[C@H](C)NC(C)C)c2c1C(N(C)C(C)C)CC2. The van der Waals surface area contributed by atoms with Crippen molar-refractivity contribution in [1.29, 1.82) is 0 Å². The van der Waals surface area contributed by atoms with E-state index in [4.69, 9.17) is 4.74 Å². The molecule has 2 N–H and O–H groups in total. The molecule has 0 aromatic heterocycles. The van der Waals surface area contributed by atoms with Crippen molar-refractivity contribution in [3.05, 3.63) is 28.8 Å². The first-order valence-corrected chi connectivity index (χ1v) is 9.63. The van der Waals surface area contributed by atoms with Gasteiger partial charge in [-0.25, -0.2) is 0 Å². The standard InChI is InChI=1S/C21H36N2O2/c1-13(2)22-16(6)19(24)12-25-20-11-8-15(5)21-17(20)9-10-18(21)23(7)14(3)4/h8,11,13-14,16,18-19,22,24H,9-10,12H2,1-7H3/t16-,18?,19+/m0/s1. The second-order valence-electron chi connectivity index (χ2n) is 8.07. The Hall–Kier alpha value is -1.10. The summed E-state index contributed by atoms with van der Waals surface area (Å²) in [6, 6.07) is 5.57. The van der Waals surface area contributed by atoms with Gasteiger partial charge in [0.15, 0.2) is 0 Å². The van der Waals surface area contributed by atoms with Gasteiger partial charge in [0.25, 0.3) is 0 Å². The molecule has 1 aromatic rings. The number of aliphatic hydroxyl groups is 1. The average Bonchev–Trinajstić information content (AvgIpc) is 2.98. The maximum Gasteiger partial charge on any atom is 0.122 e. The summed E-state index contributed by atoms with van der Waals surface area (Å²) < 4.78 is 6.05. The summed E-state index contributed by atoms with van der Waals surface area (Å²) in [7, 11) is 2.21. The molecule has 0 amide bonds. The van der Waals surface area contributed by atoms with E-state index in [1.165, 1.54) is 16.7 Å². The molecule has 0 saturated carbocycles. The van der Waals surface area contributed by atoms with Gasteiger partial charge in [0, 0.05) is 24.2 Å². The van der Waals surface area contributed by atoms with Crippen molar-refractivity contribution in [2.75, 3.05) is 13.7 Å². The highest BCUT2D eigenvalue weighted by molar-refractivity contribution is 5.49. The highest BCUT2D eigenvalue weighted by Crippen LogP contribution is 2.42. The van der Waals surface area contributed by atoms with Gasteiger partial charge in [-0.05, 0) is 70.3 Å². The highest BCUT2D eigenvalue weighted by Gasteiger charge is 2.31. The van der Waals surface area contributed by atoms with Crippen molar-refractivity contribution >= 4 is 0 Å². The second-order valence-corrected chi connectivity index (χ2v) is 8.07. The summed E-state index contributed by atoms with van der Waals surface area (Å²) in [6.07, 6.45) is 1.66. The number of rotatable bonds is 8. The van der Waals surface area contributed by atoms with Crippen molar-refractivity contribution in [2.45, 2.75) is 84.7 Å². The van der Waals surface area contributed by atoms with Crippen LogP contribution in [0.4, 0.5) is 0 Å². The molecule has 0 aliphatic heterocycles. The van der Waals surface area contributed by atoms with Crippen molar-refractivity contribution in [2.24, 2.45) is 0 Å². The van der Waals surface area contributed by atoms with Crippen LogP contribution in [0.1, 0.15) is 63.8 Å². The fraction of sp³-hybridized carbons (Fsp3) is 0.714. The predicted octanol–water partition coefficient (Wildman–Crippen LogP) is 3.45. The minimum absolute atomic E-state index is 0.0123. The molecular weight excluding hydrogens is 312 g/mol. The lowest BCUT2D eigenvalue weighted by molar-refractivity contribution is 0.0755. The van der Waals surface area contributed by atoms with E-state index in [1.54, 1.807) is 0 Å². The van der Waals surface area contributed by atoms with Gasteiger partial charge in [-0.1, -0.05) is 19.9 Å². The molecule has 1 aliphatic carbocycles. The Labute approximate surface area is 153 Å². The summed E-state index contributed by atoms with van der Waals surface area (Å²) in [5.74, 6) is 0.941. The molecule has 1 unspecified atom stereocenters. The molecule has 0 spiro atoms. The van der Waals surface area contributed by atoms with Gasteiger partial charge in [0.1, 0.15) is 18.5 Å². The summed E-state index contributed by atoms with van der Waals surface area (Å²) in [5, 5.41) is 13.7. The largest absolute Gasteiger partial charge is 0.491 e. The molecule has 2 rings (SSSR count). The first kappa shape index (κ1) is 20.2. The number of hydrogen-bond acceptors (Lipinski definition) is 4. The first-order valence-electron chi connectivity index (χ1n) is 9.63. The molecule has 4 nitrogen and oxygen atoms in total. The highest BCUT2D eigenvalue weighted by atomic mass is 16.5. The van der Waals surface area contributed by atoms with Crippen LogP contribution in [0, 0.1) is 6.92 Å². The first-order chi connectivity index (χ1) is 11.7. The van der Waals surface area contributed by atoms with Gasteiger partial charge in [0.05, 0.1) is 0 Å². The average molecular weight is 349 g/mol. The summed E-state index contributed by atoms with van der Waals surface area (Å²) in [6.45, 7) is 13.2. The number of nitrogens with zero attached hydrogens (tertiary/aromatic N) is 1. The van der Waals surface area contributed by atoms with Crippen LogP contribution < -0.4 is 10.1 Å². The third kappa shape index (κ3) is 4.75. The summed E-state index contributed by atoms with van der Waals surface area (Å²) in [5.41, 5.74) is 4.10. The molecule has 0 heterocycles. The molecule has 0 saturated heterocycles. The van der Waals surface area contributed by atoms with Gasteiger partial charge in [-0.2, -0.15) is 0 Å². The van der Waals surface area contributed by atoms with E-state index in [0.29, 0.717) is 24.7 Å². The zero-order valence-corrected chi connectivity index (χ0v) is 17.0. The fourth-order valence-corrected chi connectivity index (χ4v) is 3.77. The number of hydrogen-bond donors (Lipinski definition) is 2. The Morgan fingerprint density at radius 3 is 2.52 bits per heavy atom. The van der Waals surface area contributed by atoms with E-state index in [0.717, 1.165) is 18.6 Å². The zero-order chi connectivity index (χ0) is 18.7. The molecule has 3 atom stereocenters.